The standard InChI is InChI=1S/C20H38S2/c1-13(2)17-9-7-15(5)11-19(17)21-22-20-12-16(6)8-10-18(20)14(3)4/h13-20H,7-12H2,1-6H3/t15-,16-,17+,18+,19+,20+/m1/s1. The minimum Gasteiger partial charge on any atom is -0.0901 e. The summed E-state index contributed by atoms with van der Waals surface area (Å²) in [7, 11) is 4.57. The van der Waals surface area contributed by atoms with E-state index in [2.05, 4.69) is 63.1 Å². The Balaban J connectivity index is 1.93. The summed E-state index contributed by atoms with van der Waals surface area (Å²) in [4.78, 5) is 0. The van der Waals surface area contributed by atoms with Crippen LogP contribution in [-0.2, 0) is 0 Å². The van der Waals surface area contributed by atoms with Gasteiger partial charge in [0.1, 0.15) is 0 Å². The third-order valence-corrected chi connectivity index (χ3v) is 9.73. The van der Waals surface area contributed by atoms with E-state index in [4.69, 9.17) is 0 Å². The summed E-state index contributed by atoms with van der Waals surface area (Å²) in [6, 6.07) is 0. The fourth-order valence-electron chi connectivity index (χ4n) is 4.59. The third-order valence-electron chi connectivity index (χ3n) is 6.23. The van der Waals surface area contributed by atoms with Crippen LogP contribution in [0, 0.1) is 35.5 Å². The Morgan fingerprint density at radius 2 is 1.00 bits per heavy atom. The van der Waals surface area contributed by atoms with Crippen molar-refractivity contribution in [3.8, 4) is 0 Å². The molecule has 0 amide bonds. The Morgan fingerprint density at radius 1 is 0.636 bits per heavy atom. The molecule has 0 aromatic rings. The highest BCUT2D eigenvalue weighted by Crippen LogP contribution is 2.50. The zero-order valence-corrected chi connectivity index (χ0v) is 17.3. The van der Waals surface area contributed by atoms with E-state index in [1.807, 2.05) is 0 Å². The quantitative estimate of drug-likeness (QED) is 0.481. The van der Waals surface area contributed by atoms with E-state index in [1.54, 1.807) is 0 Å². The zero-order chi connectivity index (χ0) is 16.3. The highest BCUT2D eigenvalue weighted by atomic mass is 33.1. The molecule has 0 saturated heterocycles. The summed E-state index contributed by atoms with van der Waals surface area (Å²) in [6.45, 7) is 14.7. The molecule has 0 spiro atoms. The van der Waals surface area contributed by atoms with E-state index < -0.39 is 0 Å². The summed E-state index contributed by atoms with van der Waals surface area (Å²) in [5.74, 6) is 5.51. The Hall–Kier alpha value is 0.700. The van der Waals surface area contributed by atoms with Crippen LogP contribution in [0.5, 0.6) is 0 Å². The largest absolute Gasteiger partial charge is 0.0901 e. The van der Waals surface area contributed by atoms with Gasteiger partial charge in [-0.15, -0.1) is 0 Å². The van der Waals surface area contributed by atoms with Gasteiger partial charge < -0.3 is 0 Å². The van der Waals surface area contributed by atoms with Gasteiger partial charge in [0, 0.05) is 10.5 Å². The van der Waals surface area contributed by atoms with Gasteiger partial charge in [-0.3, -0.25) is 0 Å². The Kier molecular flexibility index (Phi) is 7.52. The van der Waals surface area contributed by atoms with Crippen LogP contribution in [0.1, 0.15) is 80.1 Å². The Bertz CT molecular complexity index is 294. The molecule has 6 atom stereocenters. The molecule has 2 saturated carbocycles. The normalized spacial score (nSPS) is 40.4. The van der Waals surface area contributed by atoms with Crippen LogP contribution in [0.15, 0.2) is 0 Å². The van der Waals surface area contributed by atoms with Crippen molar-refractivity contribution >= 4 is 21.6 Å². The summed E-state index contributed by atoms with van der Waals surface area (Å²) in [5, 5.41) is 1.80. The summed E-state index contributed by atoms with van der Waals surface area (Å²) < 4.78 is 0. The van der Waals surface area contributed by atoms with Gasteiger partial charge in [0.25, 0.3) is 0 Å². The second-order valence-electron chi connectivity index (χ2n) is 8.92. The molecule has 0 radical (unpaired) electrons. The van der Waals surface area contributed by atoms with E-state index in [-0.39, 0.29) is 0 Å². The zero-order valence-electron chi connectivity index (χ0n) is 15.7. The van der Waals surface area contributed by atoms with Gasteiger partial charge in [-0.25, -0.2) is 0 Å². The van der Waals surface area contributed by atoms with Crippen molar-refractivity contribution in [2.24, 2.45) is 35.5 Å². The van der Waals surface area contributed by atoms with Gasteiger partial charge in [-0.2, -0.15) is 0 Å². The molecule has 0 nitrogen and oxygen atoms in total. The molecule has 22 heavy (non-hydrogen) atoms. The molecule has 0 aliphatic heterocycles. The van der Waals surface area contributed by atoms with Crippen LogP contribution in [0.2, 0.25) is 0 Å². The molecule has 2 fully saturated rings. The van der Waals surface area contributed by atoms with Crippen LogP contribution in [0.3, 0.4) is 0 Å². The maximum Gasteiger partial charge on any atom is 0.0184 e. The van der Waals surface area contributed by atoms with Crippen molar-refractivity contribution < 1.29 is 0 Å². The minimum absolute atomic E-state index is 0.858. The van der Waals surface area contributed by atoms with E-state index >= 15 is 0 Å². The van der Waals surface area contributed by atoms with Crippen LogP contribution < -0.4 is 0 Å². The SMILES string of the molecule is CC(C)[C@@H]1CC[C@@H](C)C[C@@H]1SS[C@H]1C[C@H](C)CC[C@H]1C(C)C. The molecule has 0 heterocycles. The van der Waals surface area contributed by atoms with Crippen LogP contribution in [0.4, 0.5) is 0 Å². The van der Waals surface area contributed by atoms with Crippen LogP contribution in [0.25, 0.3) is 0 Å². The first kappa shape index (κ1) is 19.0. The molecule has 2 aliphatic rings. The van der Waals surface area contributed by atoms with Gasteiger partial charge in [0.05, 0.1) is 0 Å². The van der Waals surface area contributed by atoms with E-state index in [1.165, 1.54) is 38.5 Å². The van der Waals surface area contributed by atoms with E-state index in [0.29, 0.717) is 0 Å². The lowest BCUT2D eigenvalue weighted by Gasteiger charge is -2.40. The number of hydrogen-bond donors (Lipinski definition) is 0. The second kappa shape index (κ2) is 8.70. The molecule has 0 bridgehead atoms. The lowest BCUT2D eigenvalue weighted by Crippen LogP contribution is -2.32. The van der Waals surface area contributed by atoms with E-state index in [9.17, 15) is 0 Å². The lowest BCUT2D eigenvalue weighted by molar-refractivity contribution is 0.243. The fourth-order valence-corrected chi connectivity index (χ4v) is 9.06. The van der Waals surface area contributed by atoms with E-state index in [0.717, 1.165) is 46.0 Å². The number of hydrogen-bond acceptors (Lipinski definition) is 2. The lowest BCUT2D eigenvalue weighted by atomic mass is 9.77. The van der Waals surface area contributed by atoms with Crippen LogP contribution >= 0.6 is 21.6 Å². The monoisotopic (exact) mass is 342 g/mol. The van der Waals surface area contributed by atoms with Gasteiger partial charge in [0.15, 0.2) is 0 Å². The van der Waals surface area contributed by atoms with Crippen LogP contribution in [-0.4, -0.2) is 10.5 Å². The summed E-state index contributed by atoms with van der Waals surface area (Å²) in [6.07, 6.45) is 8.75. The second-order valence-corrected chi connectivity index (χ2v) is 11.7. The van der Waals surface area contributed by atoms with Crippen molar-refractivity contribution in [1.29, 1.82) is 0 Å². The fraction of sp³-hybridized carbons (Fsp3) is 1.00. The first-order valence-electron chi connectivity index (χ1n) is 9.70. The van der Waals surface area contributed by atoms with Crippen molar-refractivity contribution in [3.05, 3.63) is 0 Å². The molecule has 0 N–H and O–H groups in total. The Labute approximate surface area is 147 Å². The van der Waals surface area contributed by atoms with Crippen molar-refractivity contribution in [3.63, 3.8) is 0 Å². The molecule has 130 valence electrons. The molecule has 0 aromatic carbocycles. The highest BCUT2D eigenvalue weighted by molar-refractivity contribution is 8.77. The van der Waals surface area contributed by atoms with Gasteiger partial charge in [0.2, 0.25) is 0 Å². The maximum absolute atomic E-state index is 2.47. The maximum atomic E-state index is 2.47. The summed E-state index contributed by atoms with van der Waals surface area (Å²) in [5.41, 5.74) is 0. The van der Waals surface area contributed by atoms with Crippen molar-refractivity contribution in [1.82, 2.24) is 0 Å². The topological polar surface area (TPSA) is 0 Å². The minimum atomic E-state index is 0.858. The van der Waals surface area contributed by atoms with Crippen molar-refractivity contribution in [2.45, 2.75) is 90.6 Å². The average molecular weight is 343 g/mol. The predicted molar refractivity (Wildman–Crippen MR) is 105 cm³/mol. The van der Waals surface area contributed by atoms with Crippen molar-refractivity contribution in [2.75, 3.05) is 0 Å². The summed E-state index contributed by atoms with van der Waals surface area (Å²) >= 11 is 0. The molecule has 0 aromatic heterocycles. The average Bonchev–Trinajstić information content (AvgIpc) is 2.44. The van der Waals surface area contributed by atoms with Gasteiger partial charge >= 0.3 is 0 Å². The number of rotatable bonds is 5. The molecule has 2 rings (SSSR count). The third kappa shape index (κ3) is 5.10. The first-order valence-corrected chi connectivity index (χ1v) is 12.0. The first-order chi connectivity index (χ1) is 10.4. The highest BCUT2D eigenvalue weighted by Gasteiger charge is 2.35. The Morgan fingerprint density at radius 3 is 1.32 bits per heavy atom. The predicted octanol–water partition coefficient (Wildman–Crippen LogP) is 7.29. The molecule has 2 aliphatic carbocycles. The van der Waals surface area contributed by atoms with Gasteiger partial charge in [-0.1, -0.05) is 76.0 Å². The molecule has 0 unspecified atom stereocenters. The smallest absolute Gasteiger partial charge is 0.0184 e. The molecule has 2 heteroatoms. The molecular weight excluding hydrogens is 304 g/mol. The molecular formula is C20H38S2. The van der Waals surface area contributed by atoms with Gasteiger partial charge in [-0.05, 0) is 61.2 Å².